The number of carbonyl (C=O) groups is 1. The van der Waals surface area contributed by atoms with E-state index in [9.17, 15) is 9.18 Å². The van der Waals surface area contributed by atoms with Crippen LogP contribution in [0.25, 0.3) is 26.0 Å². The van der Waals surface area contributed by atoms with Crippen molar-refractivity contribution in [1.29, 1.82) is 0 Å². The summed E-state index contributed by atoms with van der Waals surface area (Å²) in [5.74, 6) is 0.401. The van der Waals surface area contributed by atoms with Gasteiger partial charge in [0, 0.05) is 24.4 Å². The first kappa shape index (κ1) is 19.1. The van der Waals surface area contributed by atoms with E-state index in [4.69, 9.17) is 0 Å². The van der Waals surface area contributed by atoms with E-state index >= 15 is 0 Å². The van der Waals surface area contributed by atoms with E-state index in [1.54, 1.807) is 22.9 Å². The molecular formula is C21H18FN5OS2. The van der Waals surface area contributed by atoms with Crippen LogP contribution in [-0.2, 0) is 4.79 Å². The molecule has 0 saturated heterocycles. The van der Waals surface area contributed by atoms with E-state index in [1.165, 1.54) is 29.3 Å². The van der Waals surface area contributed by atoms with Crippen LogP contribution in [0.3, 0.4) is 0 Å². The topological polar surface area (TPSA) is 71.0 Å². The number of nitrogens with one attached hydrogen (secondary N) is 1. The molecule has 0 spiro atoms. The van der Waals surface area contributed by atoms with Gasteiger partial charge in [-0.2, -0.15) is 0 Å². The maximum atomic E-state index is 14.5. The molecule has 1 N–H and O–H groups in total. The molecule has 1 aliphatic rings. The van der Waals surface area contributed by atoms with Crippen LogP contribution in [0, 0.1) is 5.82 Å². The Morgan fingerprint density at radius 1 is 1.27 bits per heavy atom. The van der Waals surface area contributed by atoms with Crippen molar-refractivity contribution in [3.8, 4) is 0 Å². The van der Waals surface area contributed by atoms with Crippen LogP contribution in [0.1, 0.15) is 24.6 Å². The Balaban J connectivity index is 1.46. The Morgan fingerprint density at radius 2 is 2.17 bits per heavy atom. The average molecular weight is 440 g/mol. The standard InChI is InChI=1S/C21H18FN5OS2/c1-2-19(28)27-5-3-12(4-6-27)17-7-13-20(23-10-24-21(13)30-17)26-15-9-16-18(8-14(15)22)29-11-25-16/h3,7-11H,2,4-6H2,1H3,(H,23,24,26). The minimum absolute atomic E-state index is 0.179. The molecule has 9 heteroatoms. The van der Waals surface area contributed by atoms with Gasteiger partial charge in [0.05, 0.1) is 26.8 Å². The smallest absolute Gasteiger partial charge is 0.222 e. The summed E-state index contributed by atoms with van der Waals surface area (Å²) < 4.78 is 15.4. The molecule has 5 rings (SSSR count). The van der Waals surface area contributed by atoms with Crippen molar-refractivity contribution in [3.63, 3.8) is 0 Å². The number of benzene rings is 1. The lowest BCUT2D eigenvalue weighted by Crippen LogP contribution is -2.33. The van der Waals surface area contributed by atoms with Gasteiger partial charge in [0.1, 0.15) is 22.8 Å². The lowest BCUT2D eigenvalue weighted by Gasteiger charge is -2.25. The number of amides is 1. The first-order valence-electron chi connectivity index (χ1n) is 9.64. The van der Waals surface area contributed by atoms with Crippen molar-refractivity contribution in [1.82, 2.24) is 19.9 Å². The number of nitrogens with zero attached hydrogens (tertiary/aromatic N) is 4. The largest absolute Gasteiger partial charge is 0.339 e. The molecule has 0 fully saturated rings. The summed E-state index contributed by atoms with van der Waals surface area (Å²) in [5, 5.41) is 3.97. The van der Waals surface area contributed by atoms with E-state index in [-0.39, 0.29) is 11.7 Å². The number of carbonyl (C=O) groups excluding carboxylic acids is 1. The number of halogens is 1. The van der Waals surface area contributed by atoms with Crippen LogP contribution in [0.2, 0.25) is 0 Å². The van der Waals surface area contributed by atoms with E-state index in [1.807, 2.05) is 17.9 Å². The van der Waals surface area contributed by atoms with Gasteiger partial charge in [0.2, 0.25) is 5.91 Å². The number of hydrogen-bond acceptors (Lipinski definition) is 7. The number of thiophene rings is 1. The highest BCUT2D eigenvalue weighted by Gasteiger charge is 2.19. The van der Waals surface area contributed by atoms with Crippen LogP contribution in [0.4, 0.5) is 15.9 Å². The maximum absolute atomic E-state index is 14.5. The molecule has 0 aliphatic carbocycles. The molecule has 1 amide bonds. The molecule has 4 aromatic rings. The Kier molecular flexibility index (Phi) is 4.92. The van der Waals surface area contributed by atoms with Gasteiger partial charge >= 0.3 is 0 Å². The molecule has 0 bridgehead atoms. The predicted octanol–water partition coefficient (Wildman–Crippen LogP) is 5.21. The molecule has 1 aromatic carbocycles. The minimum Gasteiger partial charge on any atom is -0.339 e. The summed E-state index contributed by atoms with van der Waals surface area (Å²) >= 11 is 2.99. The van der Waals surface area contributed by atoms with Crippen LogP contribution in [0.5, 0.6) is 0 Å². The van der Waals surface area contributed by atoms with Crippen LogP contribution in [0.15, 0.2) is 36.1 Å². The van der Waals surface area contributed by atoms with Crippen molar-refractivity contribution in [2.75, 3.05) is 18.4 Å². The summed E-state index contributed by atoms with van der Waals surface area (Å²) in [4.78, 5) is 28.7. The molecule has 152 valence electrons. The van der Waals surface area contributed by atoms with Crippen LogP contribution in [-0.4, -0.2) is 38.8 Å². The second kappa shape index (κ2) is 7.73. The number of thiazole rings is 1. The third-order valence-electron chi connectivity index (χ3n) is 5.18. The van der Waals surface area contributed by atoms with E-state index in [0.717, 1.165) is 38.3 Å². The van der Waals surface area contributed by atoms with E-state index < -0.39 is 0 Å². The monoisotopic (exact) mass is 439 g/mol. The Hall–Kier alpha value is -2.91. The third-order valence-corrected chi connectivity index (χ3v) is 7.09. The van der Waals surface area contributed by atoms with Gasteiger partial charge in [-0.05, 0) is 30.2 Å². The number of aromatic nitrogens is 3. The van der Waals surface area contributed by atoms with Crippen molar-refractivity contribution in [2.24, 2.45) is 0 Å². The molecule has 3 aromatic heterocycles. The van der Waals surface area contributed by atoms with Crippen molar-refractivity contribution >= 4 is 66.1 Å². The van der Waals surface area contributed by atoms with Crippen LogP contribution >= 0.6 is 22.7 Å². The fraction of sp³-hybridized carbons (Fsp3) is 0.238. The summed E-state index contributed by atoms with van der Waals surface area (Å²) in [6.07, 6.45) is 4.93. The maximum Gasteiger partial charge on any atom is 0.222 e. The molecule has 0 atom stereocenters. The second-order valence-electron chi connectivity index (χ2n) is 7.00. The van der Waals surface area contributed by atoms with Gasteiger partial charge in [-0.25, -0.2) is 19.3 Å². The highest BCUT2D eigenvalue weighted by molar-refractivity contribution is 7.19. The van der Waals surface area contributed by atoms with Gasteiger partial charge in [0.15, 0.2) is 0 Å². The van der Waals surface area contributed by atoms with Gasteiger partial charge in [-0.3, -0.25) is 4.79 Å². The van der Waals surface area contributed by atoms with Gasteiger partial charge < -0.3 is 10.2 Å². The molecule has 0 unspecified atom stereocenters. The highest BCUT2D eigenvalue weighted by atomic mass is 32.1. The van der Waals surface area contributed by atoms with Gasteiger partial charge in [-0.15, -0.1) is 22.7 Å². The predicted molar refractivity (Wildman–Crippen MR) is 120 cm³/mol. The zero-order chi connectivity index (χ0) is 20.7. The number of fused-ring (bicyclic) bond motifs is 2. The zero-order valence-electron chi connectivity index (χ0n) is 16.2. The fourth-order valence-electron chi connectivity index (χ4n) is 3.56. The average Bonchev–Trinajstić information content (AvgIpc) is 3.40. The first-order chi connectivity index (χ1) is 14.6. The summed E-state index contributed by atoms with van der Waals surface area (Å²) in [7, 11) is 0. The molecule has 4 heterocycles. The van der Waals surface area contributed by atoms with E-state index in [0.29, 0.717) is 24.5 Å². The van der Waals surface area contributed by atoms with Crippen molar-refractivity contribution in [3.05, 3.63) is 46.8 Å². The Bertz CT molecular complexity index is 1300. The molecule has 6 nitrogen and oxygen atoms in total. The summed E-state index contributed by atoms with van der Waals surface area (Å²) in [6, 6.07) is 5.24. The Labute approximate surface area is 180 Å². The van der Waals surface area contributed by atoms with E-state index in [2.05, 4.69) is 26.3 Å². The lowest BCUT2D eigenvalue weighted by atomic mass is 10.1. The normalized spacial score (nSPS) is 14.3. The molecule has 0 saturated carbocycles. The molecule has 1 aliphatic heterocycles. The third kappa shape index (κ3) is 3.44. The lowest BCUT2D eigenvalue weighted by molar-refractivity contribution is -0.130. The minimum atomic E-state index is -0.343. The second-order valence-corrected chi connectivity index (χ2v) is 8.92. The number of anilines is 2. The van der Waals surface area contributed by atoms with Crippen molar-refractivity contribution in [2.45, 2.75) is 19.8 Å². The molecular weight excluding hydrogens is 421 g/mol. The summed E-state index contributed by atoms with van der Waals surface area (Å²) in [6.45, 7) is 3.24. The summed E-state index contributed by atoms with van der Waals surface area (Å²) in [5.41, 5.74) is 4.00. The Morgan fingerprint density at radius 3 is 2.97 bits per heavy atom. The number of rotatable bonds is 4. The zero-order valence-corrected chi connectivity index (χ0v) is 17.8. The number of hydrogen-bond donors (Lipinski definition) is 1. The molecule has 0 radical (unpaired) electrons. The SMILES string of the molecule is CCC(=O)N1CC=C(c2cc3c(Nc4cc5ncsc5cc4F)ncnc3s2)CC1. The first-order valence-corrected chi connectivity index (χ1v) is 11.3. The van der Waals surface area contributed by atoms with Gasteiger partial charge in [-0.1, -0.05) is 13.0 Å². The van der Waals surface area contributed by atoms with Crippen molar-refractivity contribution < 1.29 is 9.18 Å². The van der Waals surface area contributed by atoms with Crippen LogP contribution < -0.4 is 5.32 Å². The highest BCUT2D eigenvalue weighted by Crippen LogP contribution is 2.36. The van der Waals surface area contributed by atoms with Gasteiger partial charge in [0.25, 0.3) is 0 Å². The molecule has 30 heavy (non-hydrogen) atoms. The fourth-order valence-corrected chi connectivity index (χ4v) is 5.31. The quantitative estimate of drug-likeness (QED) is 0.473.